The fraction of sp³-hybridized carbons (Fsp3) is 0.0385. The van der Waals surface area contributed by atoms with Gasteiger partial charge in [0.1, 0.15) is 5.82 Å². The molecule has 144 valence electrons. The van der Waals surface area contributed by atoms with Crippen LogP contribution in [-0.4, -0.2) is 22.0 Å². The van der Waals surface area contributed by atoms with Crippen molar-refractivity contribution in [3.63, 3.8) is 0 Å². The first-order valence-electron chi connectivity index (χ1n) is 9.87. The number of nitrogens with zero attached hydrogens (tertiary/aromatic N) is 3. The zero-order valence-electron chi connectivity index (χ0n) is 16.6. The van der Waals surface area contributed by atoms with Gasteiger partial charge in [-0.15, -0.1) is 0 Å². The molecule has 0 spiro atoms. The number of nitrogens with one attached hydrogen (secondary N) is 1. The van der Waals surface area contributed by atoms with Crippen LogP contribution in [0.4, 0.5) is 5.82 Å². The lowest BCUT2D eigenvalue weighted by Crippen LogP contribution is -1.99. The fourth-order valence-electron chi connectivity index (χ4n) is 3.63. The molecule has 0 unspecified atom stereocenters. The highest BCUT2D eigenvalue weighted by Crippen LogP contribution is 2.31. The number of benzene rings is 3. The molecule has 0 bridgehead atoms. The summed E-state index contributed by atoms with van der Waals surface area (Å²) in [5, 5.41) is 4.22. The number of fused-ring (bicyclic) bond motifs is 1. The zero-order valence-corrected chi connectivity index (χ0v) is 16.6. The normalized spacial score (nSPS) is 10.8. The Morgan fingerprint density at radius 2 is 1.37 bits per heavy atom. The smallest absolute Gasteiger partial charge is 0.163 e. The van der Waals surface area contributed by atoms with E-state index in [2.05, 4.69) is 77.0 Å². The van der Waals surface area contributed by atoms with Crippen LogP contribution in [-0.2, 0) is 0 Å². The maximum absolute atomic E-state index is 4.76. The number of hydrogen-bond acceptors (Lipinski definition) is 4. The first kappa shape index (κ1) is 18.0. The summed E-state index contributed by atoms with van der Waals surface area (Å²) in [6.07, 6.45) is 3.53. The molecule has 2 aromatic heterocycles. The van der Waals surface area contributed by atoms with Crippen LogP contribution in [0.25, 0.3) is 44.5 Å². The Kier molecular flexibility index (Phi) is 4.66. The van der Waals surface area contributed by atoms with Crippen LogP contribution in [0, 0.1) is 0 Å². The van der Waals surface area contributed by atoms with Gasteiger partial charge in [0, 0.05) is 30.4 Å². The van der Waals surface area contributed by atoms with Crippen LogP contribution in [0.3, 0.4) is 0 Å². The van der Waals surface area contributed by atoms with Gasteiger partial charge in [0.25, 0.3) is 0 Å². The maximum atomic E-state index is 4.76. The van der Waals surface area contributed by atoms with E-state index in [-0.39, 0.29) is 0 Å². The molecule has 0 saturated carbocycles. The summed E-state index contributed by atoms with van der Waals surface area (Å²) in [7, 11) is 1.89. The van der Waals surface area contributed by atoms with E-state index < -0.39 is 0 Å². The second kappa shape index (κ2) is 7.76. The molecule has 0 fully saturated rings. The average molecular weight is 388 g/mol. The Balaban J connectivity index is 1.60. The van der Waals surface area contributed by atoms with Gasteiger partial charge in [-0.25, -0.2) is 9.97 Å². The lowest BCUT2D eigenvalue weighted by Gasteiger charge is -2.11. The summed E-state index contributed by atoms with van der Waals surface area (Å²) in [4.78, 5) is 13.7. The van der Waals surface area contributed by atoms with Crippen LogP contribution in [0.5, 0.6) is 0 Å². The third-order valence-corrected chi connectivity index (χ3v) is 5.16. The van der Waals surface area contributed by atoms with E-state index >= 15 is 0 Å². The van der Waals surface area contributed by atoms with Gasteiger partial charge < -0.3 is 5.32 Å². The topological polar surface area (TPSA) is 50.7 Å². The SMILES string of the molecule is CNc1nc(-c2cccnc2)nc2ccc(-c3cccc(-c4ccccc4)c3)cc12. The fourth-order valence-corrected chi connectivity index (χ4v) is 3.63. The number of anilines is 1. The Morgan fingerprint density at radius 3 is 2.13 bits per heavy atom. The van der Waals surface area contributed by atoms with Gasteiger partial charge in [-0.2, -0.15) is 0 Å². The van der Waals surface area contributed by atoms with Crippen LogP contribution < -0.4 is 5.32 Å². The maximum Gasteiger partial charge on any atom is 0.163 e. The van der Waals surface area contributed by atoms with Crippen LogP contribution in [0.15, 0.2) is 97.3 Å². The van der Waals surface area contributed by atoms with Crippen LogP contribution >= 0.6 is 0 Å². The van der Waals surface area contributed by atoms with E-state index in [4.69, 9.17) is 9.97 Å². The lowest BCUT2D eigenvalue weighted by molar-refractivity contribution is 1.20. The minimum atomic E-state index is 0.666. The summed E-state index contributed by atoms with van der Waals surface area (Å²) in [5.41, 5.74) is 6.50. The molecule has 30 heavy (non-hydrogen) atoms. The highest BCUT2D eigenvalue weighted by atomic mass is 15.0. The highest BCUT2D eigenvalue weighted by molar-refractivity contribution is 5.94. The second-order valence-electron chi connectivity index (χ2n) is 7.07. The van der Waals surface area contributed by atoms with E-state index in [0.29, 0.717) is 5.82 Å². The van der Waals surface area contributed by atoms with Crippen molar-refractivity contribution in [3.05, 3.63) is 97.3 Å². The predicted molar refractivity (Wildman–Crippen MR) is 123 cm³/mol. The van der Waals surface area contributed by atoms with Crippen molar-refractivity contribution in [2.24, 2.45) is 0 Å². The van der Waals surface area contributed by atoms with Crippen molar-refractivity contribution >= 4 is 16.7 Å². The summed E-state index contributed by atoms with van der Waals surface area (Å²) < 4.78 is 0. The first-order valence-corrected chi connectivity index (χ1v) is 9.87. The standard InChI is InChI=1S/C26H20N4/c1-27-26-23-16-21(20-10-5-9-19(15-20)18-7-3-2-4-8-18)12-13-24(23)29-25(30-26)22-11-6-14-28-17-22/h2-17H,1H3,(H,27,29,30). The molecule has 0 aliphatic carbocycles. The van der Waals surface area contributed by atoms with Crippen LogP contribution in [0.1, 0.15) is 0 Å². The van der Waals surface area contributed by atoms with Crippen molar-refractivity contribution in [1.29, 1.82) is 0 Å². The molecule has 4 heteroatoms. The minimum Gasteiger partial charge on any atom is -0.373 e. The van der Waals surface area contributed by atoms with Gasteiger partial charge in [-0.3, -0.25) is 4.98 Å². The molecule has 2 heterocycles. The third-order valence-electron chi connectivity index (χ3n) is 5.16. The molecule has 0 saturated heterocycles. The summed E-state index contributed by atoms with van der Waals surface area (Å²) in [6.45, 7) is 0. The first-order chi connectivity index (χ1) is 14.8. The van der Waals surface area contributed by atoms with E-state index in [9.17, 15) is 0 Å². The van der Waals surface area contributed by atoms with Gasteiger partial charge in [-0.1, -0.05) is 54.6 Å². The molecule has 5 rings (SSSR count). The Bertz CT molecular complexity index is 1320. The Labute approximate surface area is 175 Å². The summed E-state index contributed by atoms with van der Waals surface area (Å²) in [6, 6.07) is 29.2. The molecule has 0 aliphatic rings. The molecule has 0 amide bonds. The highest BCUT2D eigenvalue weighted by Gasteiger charge is 2.10. The minimum absolute atomic E-state index is 0.666. The second-order valence-corrected chi connectivity index (χ2v) is 7.07. The van der Waals surface area contributed by atoms with Crippen molar-refractivity contribution < 1.29 is 0 Å². The number of hydrogen-bond donors (Lipinski definition) is 1. The van der Waals surface area contributed by atoms with Gasteiger partial charge in [0.2, 0.25) is 0 Å². The summed E-state index contributed by atoms with van der Waals surface area (Å²) >= 11 is 0. The molecule has 0 aliphatic heterocycles. The number of rotatable bonds is 4. The van der Waals surface area contributed by atoms with Gasteiger partial charge in [0.05, 0.1) is 5.52 Å². The van der Waals surface area contributed by atoms with Crippen LogP contribution in [0.2, 0.25) is 0 Å². The van der Waals surface area contributed by atoms with Crippen molar-refractivity contribution in [1.82, 2.24) is 15.0 Å². The lowest BCUT2D eigenvalue weighted by atomic mass is 9.98. The Morgan fingerprint density at radius 1 is 0.633 bits per heavy atom. The molecule has 0 radical (unpaired) electrons. The van der Waals surface area contributed by atoms with Crippen molar-refractivity contribution in [3.8, 4) is 33.6 Å². The average Bonchev–Trinajstić information content (AvgIpc) is 2.84. The van der Waals surface area contributed by atoms with E-state index in [1.165, 1.54) is 11.1 Å². The zero-order chi connectivity index (χ0) is 20.3. The summed E-state index contributed by atoms with van der Waals surface area (Å²) in [5.74, 6) is 1.47. The molecular formula is C26H20N4. The molecule has 4 nitrogen and oxygen atoms in total. The third kappa shape index (κ3) is 3.40. The number of aromatic nitrogens is 3. The van der Waals surface area contributed by atoms with Crippen molar-refractivity contribution in [2.45, 2.75) is 0 Å². The number of pyridine rings is 1. The molecular weight excluding hydrogens is 368 g/mol. The molecule has 0 atom stereocenters. The molecule has 3 aromatic carbocycles. The largest absolute Gasteiger partial charge is 0.373 e. The Hall–Kier alpha value is -4.05. The van der Waals surface area contributed by atoms with E-state index in [0.717, 1.165) is 33.4 Å². The van der Waals surface area contributed by atoms with E-state index in [1.54, 1.807) is 12.4 Å². The van der Waals surface area contributed by atoms with Gasteiger partial charge >= 0.3 is 0 Å². The quantitative estimate of drug-likeness (QED) is 0.406. The van der Waals surface area contributed by atoms with E-state index in [1.807, 2.05) is 25.2 Å². The van der Waals surface area contributed by atoms with Crippen molar-refractivity contribution in [2.75, 3.05) is 12.4 Å². The monoisotopic (exact) mass is 388 g/mol. The van der Waals surface area contributed by atoms with Gasteiger partial charge in [0.15, 0.2) is 5.82 Å². The molecule has 5 aromatic rings. The predicted octanol–water partition coefficient (Wildman–Crippen LogP) is 6.07. The molecule has 1 N–H and O–H groups in total. The van der Waals surface area contributed by atoms with Gasteiger partial charge in [-0.05, 0) is 52.6 Å².